The van der Waals surface area contributed by atoms with Gasteiger partial charge in [0.15, 0.2) is 0 Å². The molecule has 0 radical (unpaired) electrons. The van der Waals surface area contributed by atoms with Crippen LogP contribution in [0.5, 0.6) is 0 Å². The monoisotopic (exact) mass is 714 g/mol. The van der Waals surface area contributed by atoms with Crippen LogP contribution in [0.4, 0.5) is 34.1 Å². The quantitative estimate of drug-likeness (QED) is 0.110. The van der Waals surface area contributed by atoms with Crippen molar-refractivity contribution in [3.05, 3.63) is 214 Å². The summed E-state index contributed by atoms with van der Waals surface area (Å²) in [4.78, 5) is 4.80. The van der Waals surface area contributed by atoms with E-state index >= 15 is 0 Å². The average Bonchev–Trinajstić information content (AvgIpc) is 3.25. The predicted molar refractivity (Wildman–Crippen MR) is 239 cm³/mol. The lowest BCUT2D eigenvalue weighted by atomic mass is 10.00. The molecule has 0 spiro atoms. The highest BCUT2D eigenvalue weighted by Crippen LogP contribution is 2.41. The van der Waals surface area contributed by atoms with Gasteiger partial charge in [-0.25, -0.2) is 0 Å². The molecular formula is C53H50N2. The van der Waals surface area contributed by atoms with Crippen molar-refractivity contribution in [3.63, 3.8) is 0 Å². The fourth-order valence-corrected chi connectivity index (χ4v) is 7.37. The highest BCUT2D eigenvalue weighted by atomic mass is 15.2. The number of anilines is 6. The molecule has 0 amide bonds. The van der Waals surface area contributed by atoms with Crippen molar-refractivity contribution in [2.75, 3.05) is 9.80 Å². The maximum Gasteiger partial charge on any atom is 0.0525 e. The lowest BCUT2D eigenvalue weighted by Gasteiger charge is -2.30. The van der Waals surface area contributed by atoms with E-state index in [9.17, 15) is 0 Å². The Labute approximate surface area is 328 Å². The summed E-state index contributed by atoms with van der Waals surface area (Å²) in [5.41, 5.74) is 17.2. The lowest BCUT2D eigenvalue weighted by molar-refractivity contribution is 1.06. The summed E-state index contributed by atoms with van der Waals surface area (Å²) < 4.78 is 0. The Kier molecular flexibility index (Phi) is 11.8. The van der Waals surface area contributed by atoms with E-state index < -0.39 is 0 Å². The van der Waals surface area contributed by atoms with Crippen LogP contribution in [0.1, 0.15) is 65.3 Å². The van der Waals surface area contributed by atoms with Crippen molar-refractivity contribution in [1.29, 1.82) is 0 Å². The highest BCUT2D eigenvalue weighted by molar-refractivity contribution is 5.83. The third kappa shape index (κ3) is 8.56. The van der Waals surface area contributed by atoms with Gasteiger partial charge in [0, 0.05) is 22.7 Å². The molecule has 0 unspecified atom stereocenters. The number of aryl methyl sites for hydroxylation is 4. The van der Waals surface area contributed by atoms with Crippen LogP contribution in [0.2, 0.25) is 0 Å². The van der Waals surface area contributed by atoms with Crippen LogP contribution in [-0.4, -0.2) is 0 Å². The maximum atomic E-state index is 2.42. The van der Waals surface area contributed by atoms with E-state index in [1.807, 2.05) is 0 Å². The summed E-state index contributed by atoms with van der Waals surface area (Å²) in [6.45, 7) is 8.92. The third-order valence-electron chi connectivity index (χ3n) is 10.3. The molecule has 0 saturated carbocycles. The van der Waals surface area contributed by atoms with E-state index in [1.54, 1.807) is 0 Å². The van der Waals surface area contributed by atoms with E-state index in [2.05, 4.69) is 232 Å². The van der Waals surface area contributed by atoms with E-state index in [0.29, 0.717) is 0 Å². The number of nitrogens with zero attached hydrogens (tertiary/aromatic N) is 2. The second-order valence-electron chi connectivity index (χ2n) is 13.9. The molecule has 7 aromatic carbocycles. The molecule has 55 heavy (non-hydrogen) atoms. The van der Waals surface area contributed by atoms with Gasteiger partial charge in [0.25, 0.3) is 0 Å². The molecule has 0 aliphatic carbocycles. The largest absolute Gasteiger partial charge is 0.310 e. The third-order valence-corrected chi connectivity index (χ3v) is 10.3. The second kappa shape index (κ2) is 17.6. The standard InChI is InChI=1S/C53H50N2/c1-5-45-17-14-16-40(4)52(45)54(48-20-10-8-11-21-48)50-36-32-43(33-37-50)30-28-41-24-26-42(27-25-41)29-31-44-34-38-51(39-35-44)55(49-22-12-9-13-23-49)53-46(6-2)18-15-19-47(53)7-3/h8-39H,5-7H2,1-4H3/b30-28+,31-29+. The van der Waals surface area contributed by atoms with Crippen molar-refractivity contribution in [2.45, 2.75) is 47.0 Å². The fourth-order valence-electron chi connectivity index (χ4n) is 7.37. The van der Waals surface area contributed by atoms with Gasteiger partial charge >= 0.3 is 0 Å². The van der Waals surface area contributed by atoms with Crippen LogP contribution in [0.15, 0.2) is 170 Å². The van der Waals surface area contributed by atoms with Crippen molar-refractivity contribution in [1.82, 2.24) is 0 Å². The Balaban J connectivity index is 1.05. The van der Waals surface area contributed by atoms with Crippen LogP contribution in [0, 0.1) is 6.92 Å². The number of hydrogen-bond donors (Lipinski definition) is 0. The molecule has 272 valence electrons. The predicted octanol–water partition coefficient (Wildman–Crippen LogP) is 15.0. The number of rotatable bonds is 13. The zero-order chi connectivity index (χ0) is 38.0. The fraction of sp³-hybridized carbons (Fsp3) is 0.132. The first-order valence-corrected chi connectivity index (χ1v) is 19.6. The van der Waals surface area contributed by atoms with Gasteiger partial charge < -0.3 is 9.80 Å². The molecule has 0 aromatic heterocycles. The van der Waals surface area contributed by atoms with Crippen molar-refractivity contribution >= 4 is 58.4 Å². The Morgan fingerprint density at radius 1 is 0.327 bits per heavy atom. The number of hydrogen-bond acceptors (Lipinski definition) is 2. The molecule has 0 heterocycles. The van der Waals surface area contributed by atoms with E-state index in [4.69, 9.17) is 0 Å². The summed E-state index contributed by atoms with van der Waals surface area (Å²) in [5.74, 6) is 0. The zero-order valence-corrected chi connectivity index (χ0v) is 32.5. The first-order valence-electron chi connectivity index (χ1n) is 19.6. The Hall–Kier alpha value is -6.38. The first kappa shape index (κ1) is 37.0. The van der Waals surface area contributed by atoms with Crippen molar-refractivity contribution < 1.29 is 0 Å². The Bertz CT molecular complexity index is 2330. The molecule has 0 fully saturated rings. The molecular weight excluding hydrogens is 665 g/mol. The molecule has 0 aliphatic rings. The summed E-state index contributed by atoms with van der Waals surface area (Å²) >= 11 is 0. The number of para-hydroxylation sites is 4. The van der Waals surface area contributed by atoms with Crippen LogP contribution in [-0.2, 0) is 19.3 Å². The first-order chi connectivity index (χ1) is 27.1. The molecule has 7 rings (SSSR count). The van der Waals surface area contributed by atoms with Gasteiger partial charge in [-0.2, -0.15) is 0 Å². The molecule has 0 saturated heterocycles. The molecule has 0 bridgehead atoms. The highest BCUT2D eigenvalue weighted by Gasteiger charge is 2.19. The summed E-state index contributed by atoms with van der Waals surface area (Å²) in [6.07, 6.45) is 11.7. The zero-order valence-electron chi connectivity index (χ0n) is 32.5. The second-order valence-corrected chi connectivity index (χ2v) is 13.9. The minimum absolute atomic E-state index is 0.978. The minimum atomic E-state index is 0.978. The normalized spacial score (nSPS) is 11.3. The molecule has 7 aromatic rings. The van der Waals surface area contributed by atoms with Gasteiger partial charge in [-0.15, -0.1) is 0 Å². The van der Waals surface area contributed by atoms with Gasteiger partial charge in [-0.3, -0.25) is 0 Å². The Morgan fingerprint density at radius 3 is 1.02 bits per heavy atom. The summed E-state index contributed by atoms with van der Waals surface area (Å²) in [6, 6.07) is 61.2. The summed E-state index contributed by atoms with van der Waals surface area (Å²) in [7, 11) is 0. The van der Waals surface area contributed by atoms with Crippen LogP contribution in [0.25, 0.3) is 24.3 Å². The SMILES string of the molecule is CCc1cccc(C)c1N(c1ccccc1)c1ccc(/C=C/c2ccc(/C=C/c3ccc(N(c4ccccc4)c4c(CC)cccc4CC)cc3)cc2)cc1. The van der Waals surface area contributed by atoms with Crippen LogP contribution >= 0.6 is 0 Å². The van der Waals surface area contributed by atoms with Gasteiger partial charge in [0.2, 0.25) is 0 Å². The smallest absolute Gasteiger partial charge is 0.0525 e. The van der Waals surface area contributed by atoms with Gasteiger partial charge in [-0.1, -0.05) is 166 Å². The van der Waals surface area contributed by atoms with Gasteiger partial charge in [0.05, 0.1) is 11.4 Å². The molecule has 0 aliphatic heterocycles. The number of benzene rings is 7. The average molecular weight is 715 g/mol. The molecule has 0 atom stereocenters. The van der Waals surface area contributed by atoms with Gasteiger partial charge in [0.1, 0.15) is 0 Å². The molecule has 2 nitrogen and oxygen atoms in total. The topological polar surface area (TPSA) is 6.48 Å². The van der Waals surface area contributed by atoms with Crippen molar-refractivity contribution in [3.8, 4) is 0 Å². The Morgan fingerprint density at radius 2 is 0.636 bits per heavy atom. The van der Waals surface area contributed by atoms with E-state index in [-0.39, 0.29) is 0 Å². The van der Waals surface area contributed by atoms with E-state index in [0.717, 1.165) is 36.3 Å². The van der Waals surface area contributed by atoms with Gasteiger partial charge in [-0.05, 0) is 119 Å². The molecule has 2 heteroatoms. The van der Waals surface area contributed by atoms with Crippen LogP contribution in [0.3, 0.4) is 0 Å². The van der Waals surface area contributed by atoms with E-state index in [1.165, 1.54) is 61.6 Å². The summed E-state index contributed by atoms with van der Waals surface area (Å²) in [5, 5.41) is 0. The lowest BCUT2D eigenvalue weighted by Crippen LogP contribution is -2.14. The van der Waals surface area contributed by atoms with Crippen molar-refractivity contribution in [2.24, 2.45) is 0 Å². The van der Waals surface area contributed by atoms with Crippen LogP contribution < -0.4 is 9.80 Å². The maximum absolute atomic E-state index is 2.42. The minimum Gasteiger partial charge on any atom is -0.310 e. The molecule has 0 N–H and O–H groups in total.